The van der Waals surface area contributed by atoms with E-state index in [4.69, 9.17) is 0 Å². The number of amides is 1. The van der Waals surface area contributed by atoms with Crippen LogP contribution in [0.4, 0.5) is 0 Å². The zero-order chi connectivity index (χ0) is 19.9. The smallest absolute Gasteiger partial charge is 0.238 e. The SMILES string of the molecule is CS(=O)(=O)N1CC(=O)N2[C@H](CO)[C@H](c3ccc(C#CC4CCCC4)cc3)[C@@H]2C1. The first-order chi connectivity index (χ1) is 13.4. The summed E-state index contributed by atoms with van der Waals surface area (Å²) < 4.78 is 25.1. The molecule has 1 aromatic carbocycles. The van der Waals surface area contributed by atoms with Crippen molar-refractivity contribution in [2.45, 2.75) is 43.7 Å². The van der Waals surface area contributed by atoms with Gasteiger partial charge in [-0.25, -0.2) is 8.42 Å². The van der Waals surface area contributed by atoms with Crippen molar-refractivity contribution >= 4 is 15.9 Å². The average Bonchev–Trinajstić information content (AvgIpc) is 3.15. The standard InChI is InChI=1S/C21H26N2O4S/c1-28(26,27)22-12-18-21(19(14-24)23(18)20(25)13-22)17-10-8-16(9-11-17)7-6-15-4-2-3-5-15/h8-11,15,18-19,21,24H,2-5,12-14H2,1H3/t18-,19+,21+/m0/s1. The van der Waals surface area contributed by atoms with Crippen molar-refractivity contribution in [1.82, 2.24) is 9.21 Å². The van der Waals surface area contributed by atoms with E-state index < -0.39 is 10.0 Å². The Hall–Kier alpha value is -1.88. The molecule has 1 amide bonds. The highest BCUT2D eigenvalue weighted by molar-refractivity contribution is 7.88. The van der Waals surface area contributed by atoms with Gasteiger partial charge in [-0.15, -0.1) is 0 Å². The number of rotatable bonds is 3. The maximum absolute atomic E-state index is 12.4. The van der Waals surface area contributed by atoms with E-state index in [1.807, 2.05) is 24.3 Å². The molecule has 1 saturated carbocycles. The zero-order valence-electron chi connectivity index (χ0n) is 16.0. The third-order valence-electron chi connectivity index (χ3n) is 6.26. The van der Waals surface area contributed by atoms with Crippen molar-refractivity contribution in [3.8, 4) is 11.8 Å². The van der Waals surface area contributed by atoms with Gasteiger partial charge >= 0.3 is 0 Å². The molecule has 150 valence electrons. The van der Waals surface area contributed by atoms with Gasteiger partial charge in [0, 0.05) is 23.9 Å². The Morgan fingerprint density at radius 2 is 1.86 bits per heavy atom. The molecule has 1 N–H and O–H groups in total. The highest BCUT2D eigenvalue weighted by Crippen LogP contribution is 2.43. The molecule has 1 aromatic rings. The first-order valence-corrected chi connectivity index (χ1v) is 11.7. The van der Waals surface area contributed by atoms with Gasteiger partial charge in [0.05, 0.1) is 31.5 Å². The lowest BCUT2D eigenvalue weighted by Gasteiger charge is -2.58. The lowest BCUT2D eigenvalue weighted by molar-refractivity contribution is -0.158. The minimum Gasteiger partial charge on any atom is -0.394 e. The molecule has 3 atom stereocenters. The van der Waals surface area contributed by atoms with Crippen LogP contribution in [-0.4, -0.2) is 66.7 Å². The van der Waals surface area contributed by atoms with Gasteiger partial charge in [0.1, 0.15) is 0 Å². The van der Waals surface area contributed by atoms with Crippen LogP contribution in [0, 0.1) is 17.8 Å². The van der Waals surface area contributed by atoms with Crippen molar-refractivity contribution in [2.75, 3.05) is 26.0 Å². The minimum absolute atomic E-state index is 0.0738. The van der Waals surface area contributed by atoms with E-state index in [2.05, 4.69) is 11.8 Å². The Morgan fingerprint density at radius 3 is 2.46 bits per heavy atom. The number of benzene rings is 1. The topological polar surface area (TPSA) is 77.9 Å². The van der Waals surface area contributed by atoms with Crippen molar-refractivity contribution in [3.05, 3.63) is 35.4 Å². The molecule has 1 aliphatic carbocycles. The molecule has 7 heteroatoms. The fourth-order valence-corrected chi connectivity index (χ4v) is 5.54. The van der Waals surface area contributed by atoms with Gasteiger partial charge < -0.3 is 10.0 Å². The Kier molecular flexibility index (Phi) is 5.21. The van der Waals surface area contributed by atoms with Crippen molar-refractivity contribution in [3.63, 3.8) is 0 Å². The zero-order valence-corrected chi connectivity index (χ0v) is 16.9. The molecule has 0 unspecified atom stereocenters. The number of hydrogen-bond donors (Lipinski definition) is 1. The Bertz CT molecular complexity index is 910. The van der Waals surface area contributed by atoms with Crippen molar-refractivity contribution in [1.29, 1.82) is 0 Å². The Labute approximate surface area is 166 Å². The number of fused-ring (bicyclic) bond motifs is 1. The summed E-state index contributed by atoms with van der Waals surface area (Å²) in [5.74, 6) is 6.80. The van der Waals surface area contributed by atoms with Crippen LogP contribution in [0.25, 0.3) is 0 Å². The fraction of sp³-hybridized carbons (Fsp3) is 0.571. The number of sulfonamides is 1. The highest BCUT2D eigenvalue weighted by atomic mass is 32.2. The Morgan fingerprint density at radius 1 is 1.18 bits per heavy atom. The molecule has 3 fully saturated rings. The third kappa shape index (κ3) is 3.57. The van der Waals surface area contributed by atoms with E-state index in [1.165, 1.54) is 30.0 Å². The third-order valence-corrected chi connectivity index (χ3v) is 7.48. The second kappa shape index (κ2) is 7.51. The number of carbonyl (C=O) groups is 1. The van der Waals surface area contributed by atoms with Crippen LogP contribution in [0.2, 0.25) is 0 Å². The average molecular weight is 403 g/mol. The molecule has 2 aliphatic heterocycles. The number of piperazine rings is 1. The molecule has 2 heterocycles. The number of nitrogens with zero attached hydrogens (tertiary/aromatic N) is 2. The Balaban J connectivity index is 1.53. The first kappa shape index (κ1) is 19.4. The van der Waals surface area contributed by atoms with Crippen LogP contribution in [0.15, 0.2) is 24.3 Å². The maximum Gasteiger partial charge on any atom is 0.238 e. The minimum atomic E-state index is -3.43. The molecule has 28 heavy (non-hydrogen) atoms. The van der Waals surface area contributed by atoms with Gasteiger partial charge in [-0.05, 0) is 30.5 Å². The van der Waals surface area contributed by atoms with Crippen molar-refractivity contribution < 1.29 is 18.3 Å². The molecule has 0 aromatic heterocycles. The van der Waals surface area contributed by atoms with E-state index in [0.717, 1.165) is 17.4 Å². The molecule has 0 bridgehead atoms. The van der Waals surface area contributed by atoms with Crippen LogP contribution in [0.1, 0.15) is 42.7 Å². The van der Waals surface area contributed by atoms with Crippen LogP contribution in [0.3, 0.4) is 0 Å². The molecule has 3 aliphatic rings. The van der Waals surface area contributed by atoms with Gasteiger partial charge in [-0.3, -0.25) is 4.79 Å². The molecule has 4 rings (SSSR count). The normalized spacial score (nSPS) is 28.4. The predicted octanol–water partition coefficient (Wildman–Crippen LogP) is 1.16. The number of hydrogen-bond acceptors (Lipinski definition) is 4. The summed E-state index contributed by atoms with van der Waals surface area (Å²) in [7, 11) is -3.43. The summed E-state index contributed by atoms with van der Waals surface area (Å²) in [5.41, 5.74) is 1.97. The highest BCUT2D eigenvalue weighted by Gasteiger charge is 2.54. The van der Waals surface area contributed by atoms with E-state index in [9.17, 15) is 18.3 Å². The fourth-order valence-electron chi connectivity index (χ4n) is 4.77. The molecule has 6 nitrogen and oxygen atoms in total. The summed E-state index contributed by atoms with van der Waals surface area (Å²) in [5, 5.41) is 9.81. The van der Waals surface area contributed by atoms with Gasteiger partial charge in [0.2, 0.25) is 15.9 Å². The molecule has 2 saturated heterocycles. The van der Waals surface area contributed by atoms with Crippen LogP contribution in [-0.2, 0) is 14.8 Å². The predicted molar refractivity (Wildman–Crippen MR) is 106 cm³/mol. The summed E-state index contributed by atoms with van der Waals surface area (Å²) in [6.45, 7) is -0.00174. The summed E-state index contributed by atoms with van der Waals surface area (Å²) in [6.07, 6.45) is 6.04. The van der Waals surface area contributed by atoms with Gasteiger partial charge in [0.25, 0.3) is 0 Å². The number of carbonyl (C=O) groups excluding carboxylic acids is 1. The van der Waals surface area contributed by atoms with E-state index >= 15 is 0 Å². The summed E-state index contributed by atoms with van der Waals surface area (Å²) in [6, 6.07) is 7.42. The van der Waals surface area contributed by atoms with Crippen molar-refractivity contribution in [2.24, 2.45) is 5.92 Å². The number of aliphatic hydroxyl groups excluding tert-OH is 1. The molecule has 0 radical (unpaired) electrons. The summed E-state index contributed by atoms with van der Waals surface area (Å²) >= 11 is 0. The molecular formula is C21H26N2O4S. The quantitative estimate of drug-likeness (QED) is 0.770. The van der Waals surface area contributed by atoms with Crippen LogP contribution in [0.5, 0.6) is 0 Å². The van der Waals surface area contributed by atoms with E-state index in [-0.39, 0.29) is 43.6 Å². The van der Waals surface area contributed by atoms with Gasteiger partial charge in [-0.2, -0.15) is 4.31 Å². The van der Waals surface area contributed by atoms with E-state index in [0.29, 0.717) is 5.92 Å². The van der Waals surface area contributed by atoms with Gasteiger partial charge in [0.15, 0.2) is 0 Å². The largest absolute Gasteiger partial charge is 0.394 e. The lowest BCUT2D eigenvalue weighted by Crippen LogP contribution is -2.73. The number of aliphatic hydroxyl groups is 1. The first-order valence-electron chi connectivity index (χ1n) is 9.87. The van der Waals surface area contributed by atoms with Gasteiger partial charge in [-0.1, -0.05) is 36.8 Å². The second-order valence-electron chi connectivity index (χ2n) is 8.07. The van der Waals surface area contributed by atoms with Crippen LogP contribution < -0.4 is 0 Å². The second-order valence-corrected chi connectivity index (χ2v) is 10.1. The van der Waals surface area contributed by atoms with Crippen LogP contribution >= 0.6 is 0 Å². The monoisotopic (exact) mass is 402 g/mol. The summed E-state index contributed by atoms with van der Waals surface area (Å²) in [4.78, 5) is 14.1. The molecule has 0 spiro atoms. The lowest BCUT2D eigenvalue weighted by atomic mass is 9.74. The van der Waals surface area contributed by atoms with E-state index in [1.54, 1.807) is 4.90 Å². The maximum atomic E-state index is 12.4. The molecular weight excluding hydrogens is 376 g/mol.